The van der Waals surface area contributed by atoms with E-state index >= 15 is 0 Å². The number of hydrogen-bond donors (Lipinski definition) is 2. The molecule has 1 aromatic carbocycles. The molecule has 0 spiro atoms. The molecule has 1 amide bonds. The first kappa shape index (κ1) is 19.7. The van der Waals surface area contributed by atoms with E-state index in [0.717, 1.165) is 19.3 Å². The first-order valence-corrected chi connectivity index (χ1v) is 10.0. The molecule has 0 radical (unpaired) electrons. The van der Waals surface area contributed by atoms with E-state index in [1.54, 1.807) is 12.1 Å². The lowest BCUT2D eigenvalue weighted by Gasteiger charge is -2.26. The third kappa shape index (κ3) is 5.17. The minimum Gasteiger partial charge on any atom is -0.495 e. The fourth-order valence-corrected chi connectivity index (χ4v) is 4.48. The topological polar surface area (TPSA) is 102 Å². The third-order valence-electron chi connectivity index (χ3n) is 4.21. The third-order valence-corrected chi connectivity index (χ3v) is 6.13. The number of carbonyl (C=O) groups is 1. The second-order valence-corrected chi connectivity index (χ2v) is 8.30. The first-order valence-electron chi connectivity index (χ1n) is 8.58. The molecule has 0 aliphatic carbocycles. The van der Waals surface area contributed by atoms with Crippen molar-refractivity contribution in [3.63, 3.8) is 0 Å². The van der Waals surface area contributed by atoms with Crippen LogP contribution in [0.15, 0.2) is 23.1 Å². The van der Waals surface area contributed by atoms with E-state index in [1.165, 1.54) is 17.5 Å². The zero-order chi connectivity index (χ0) is 18.4. The van der Waals surface area contributed by atoms with Gasteiger partial charge in [-0.05, 0) is 44.4 Å². The lowest BCUT2D eigenvalue weighted by molar-refractivity contribution is -0.116. The van der Waals surface area contributed by atoms with Crippen LogP contribution in [-0.4, -0.2) is 44.9 Å². The van der Waals surface area contributed by atoms with Crippen LogP contribution in [0, 0.1) is 0 Å². The molecule has 1 fully saturated rings. The van der Waals surface area contributed by atoms with Gasteiger partial charge < -0.3 is 15.8 Å². The molecule has 7 nitrogen and oxygen atoms in total. The predicted molar refractivity (Wildman–Crippen MR) is 97.1 cm³/mol. The van der Waals surface area contributed by atoms with E-state index < -0.39 is 10.0 Å². The number of ether oxygens (including phenoxy) is 1. The lowest BCUT2D eigenvalue weighted by Crippen LogP contribution is -2.35. The number of sulfonamides is 1. The number of piperidine rings is 1. The predicted octanol–water partition coefficient (Wildman–Crippen LogP) is 1.94. The van der Waals surface area contributed by atoms with E-state index in [1.807, 2.05) is 6.92 Å². The number of carbonyl (C=O) groups excluding carboxylic acids is 1. The maximum absolute atomic E-state index is 12.9. The van der Waals surface area contributed by atoms with Crippen LogP contribution in [0.3, 0.4) is 0 Å². The van der Waals surface area contributed by atoms with Gasteiger partial charge in [0.1, 0.15) is 10.6 Å². The number of methoxy groups -OCH3 is 1. The van der Waals surface area contributed by atoms with Crippen molar-refractivity contribution in [3.8, 4) is 5.75 Å². The SMILES string of the molecule is COc1ccc(NC(=O)CCC(C)N)cc1S(=O)(=O)N1CCCCC1. The number of anilines is 1. The molecular formula is C17H27N3O4S. The highest BCUT2D eigenvalue weighted by Crippen LogP contribution is 2.31. The maximum atomic E-state index is 12.9. The molecule has 140 valence electrons. The highest BCUT2D eigenvalue weighted by atomic mass is 32.2. The Bertz CT molecular complexity index is 698. The summed E-state index contributed by atoms with van der Waals surface area (Å²) in [5.74, 6) is 0.0861. The Morgan fingerprint density at radius 2 is 2.00 bits per heavy atom. The summed E-state index contributed by atoms with van der Waals surface area (Å²) in [4.78, 5) is 12.1. The van der Waals surface area contributed by atoms with E-state index in [9.17, 15) is 13.2 Å². The van der Waals surface area contributed by atoms with E-state index in [2.05, 4.69) is 5.32 Å². The van der Waals surface area contributed by atoms with Crippen LogP contribution in [0.4, 0.5) is 5.69 Å². The van der Waals surface area contributed by atoms with Gasteiger partial charge in [0.05, 0.1) is 7.11 Å². The molecule has 25 heavy (non-hydrogen) atoms. The Hall–Kier alpha value is -1.64. The summed E-state index contributed by atoms with van der Waals surface area (Å²) in [7, 11) is -2.22. The molecule has 1 aromatic rings. The summed E-state index contributed by atoms with van der Waals surface area (Å²) < 4.78 is 32.6. The van der Waals surface area contributed by atoms with Crippen molar-refractivity contribution in [2.24, 2.45) is 5.73 Å². The Labute approximate surface area is 149 Å². The van der Waals surface area contributed by atoms with Crippen LogP contribution in [0.25, 0.3) is 0 Å². The number of hydrogen-bond acceptors (Lipinski definition) is 5. The maximum Gasteiger partial charge on any atom is 0.246 e. The summed E-state index contributed by atoms with van der Waals surface area (Å²) in [5, 5.41) is 2.73. The van der Waals surface area contributed by atoms with Gasteiger partial charge >= 0.3 is 0 Å². The van der Waals surface area contributed by atoms with Gasteiger partial charge in [-0.1, -0.05) is 6.42 Å². The molecule has 0 saturated carbocycles. The van der Waals surface area contributed by atoms with Gasteiger partial charge in [0.25, 0.3) is 0 Å². The molecule has 1 heterocycles. The Kier molecular flexibility index (Phi) is 6.80. The summed E-state index contributed by atoms with van der Waals surface area (Å²) >= 11 is 0. The summed E-state index contributed by atoms with van der Waals surface area (Å²) in [6, 6.07) is 4.61. The fraction of sp³-hybridized carbons (Fsp3) is 0.588. The van der Waals surface area contributed by atoms with Crippen molar-refractivity contribution in [2.75, 3.05) is 25.5 Å². The molecular weight excluding hydrogens is 342 g/mol. The van der Waals surface area contributed by atoms with Gasteiger partial charge in [-0.2, -0.15) is 4.31 Å². The fourth-order valence-electron chi connectivity index (χ4n) is 2.78. The second kappa shape index (κ2) is 8.64. The zero-order valence-electron chi connectivity index (χ0n) is 14.8. The Morgan fingerprint density at radius 3 is 2.60 bits per heavy atom. The van der Waals surface area contributed by atoms with Crippen molar-refractivity contribution in [1.82, 2.24) is 4.31 Å². The van der Waals surface area contributed by atoms with Crippen molar-refractivity contribution < 1.29 is 17.9 Å². The average Bonchev–Trinajstić information content (AvgIpc) is 2.60. The number of nitrogens with two attached hydrogens (primary N) is 1. The molecule has 1 aliphatic heterocycles. The van der Waals surface area contributed by atoms with Crippen LogP contribution in [-0.2, 0) is 14.8 Å². The van der Waals surface area contributed by atoms with Gasteiger partial charge in [-0.3, -0.25) is 4.79 Å². The molecule has 0 bridgehead atoms. The quantitative estimate of drug-likeness (QED) is 0.765. The molecule has 1 atom stereocenters. The van der Waals surface area contributed by atoms with Gasteiger partial charge in [-0.25, -0.2) is 8.42 Å². The molecule has 8 heteroatoms. The summed E-state index contributed by atoms with van der Waals surface area (Å²) in [6.45, 7) is 2.86. The summed E-state index contributed by atoms with van der Waals surface area (Å²) in [5.41, 5.74) is 6.09. The van der Waals surface area contributed by atoms with Crippen LogP contribution >= 0.6 is 0 Å². The van der Waals surface area contributed by atoms with Gasteiger partial charge in [-0.15, -0.1) is 0 Å². The van der Waals surface area contributed by atoms with Gasteiger partial charge in [0.2, 0.25) is 15.9 Å². The molecule has 3 N–H and O–H groups in total. The van der Waals surface area contributed by atoms with Crippen LogP contribution in [0.1, 0.15) is 39.0 Å². The largest absolute Gasteiger partial charge is 0.495 e. The number of amides is 1. The standard InChI is InChI=1S/C17H27N3O4S/c1-13(18)6-9-17(21)19-14-7-8-15(24-2)16(12-14)25(22,23)20-10-4-3-5-11-20/h7-8,12-13H,3-6,9-11,18H2,1-2H3,(H,19,21). The minimum absolute atomic E-state index is 0.0587. The van der Waals surface area contributed by atoms with Crippen LogP contribution < -0.4 is 15.8 Å². The van der Waals surface area contributed by atoms with Crippen LogP contribution in [0.2, 0.25) is 0 Å². The molecule has 1 saturated heterocycles. The smallest absolute Gasteiger partial charge is 0.246 e. The number of nitrogens with zero attached hydrogens (tertiary/aromatic N) is 1. The zero-order valence-corrected chi connectivity index (χ0v) is 15.6. The monoisotopic (exact) mass is 369 g/mol. The number of rotatable bonds is 7. The van der Waals surface area contributed by atoms with Gasteiger partial charge in [0.15, 0.2) is 0 Å². The molecule has 1 unspecified atom stereocenters. The molecule has 2 rings (SSSR count). The normalized spacial score (nSPS) is 17.1. The number of benzene rings is 1. The first-order chi connectivity index (χ1) is 11.8. The van der Waals surface area contributed by atoms with Crippen LogP contribution in [0.5, 0.6) is 5.75 Å². The summed E-state index contributed by atoms with van der Waals surface area (Å²) in [6.07, 6.45) is 3.61. The average molecular weight is 369 g/mol. The van der Waals surface area contributed by atoms with E-state index in [0.29, 0.717) is 25.2 Å². The van der Waals surface area contributed by atoms with Gasteiger partial charge in [0, 0.05) is 31.2 Å². The highest BCUT2D eigenvalue weighted by Gasteiger charge is 2.29. The van der Waals surface area contributed by atoms with E-state index in [-0.39, 0.29) is 29.0 Å². The van der Waals surface area contributed by atoms with Crippen molar-refractivity contribution in [2.45, 2.75) is 50.0 Å². The van der Waals surface area contributed by atoms with Crippen molar-refractivity contribution in [3.05, 3.63) is 18.2 Å². The Morgan fingerprint density at radius 1 is 1.32 bits per heavy atom. The second-order valence-electron chi connectivity index (χ2n) is 6.39. The van der Waals surface area contributed by atoms with E-state index in [4.69, 9.17) is 10.5 Å². The highest BCUT2D eigenvalue weighted by molar-refractivity contribution is 7.89. The molecule has 1 aliphatic rings. The minimum atomic E-state index is -3.65. The lowest BCUT2D eigenvalue weighted by atomic mass is 10.2. The van der Waals surface area contributed by atoms with Crippen molar-refractivity contribution >= 4 is 21.6 Å². The van der Waals surface area contributed by atoms with Crippen molar-refractivity contribution in [1.29, 1.82) is 0 Å². The number of nitrogens with one attached hydrogen (secondary N) is 1. The molecule has 0 aromatic heterocycles. The Balaban J connectivity index is 2.23.